The van der Waals surface area contributed by atoms with Crippen LogP contribution in [-0.4, -0.2) is 44.5 Å². The first-order chi connectivity index (χ1) is 12.9. The van der Waals surface area contributed by atoms with Gasteiger partial charge >= 0.3 is 11.9 Å². The van der Waals surface area contributed by atoms with Crippen molar-refractivity contribution in [1.29, 1.82) is 0 Å². The number of aromatic nitrogens is 2. The molecule has 0 amide bonds. The monoisotopic (exact) mass is 374 g/mol. The summed E-state index contributed by atoms with van der Waals surface area (Å²) in [5.41, 5.74) is 2.15. The van der Waals surface area contributed by atoms with Gasteiger partial charge in [-0.1, -0.05) is 12.1 Å². The van der Waals surface area contributed by atoms with E-state index in [0.29, 0.717) is 25.2 Å². The molecule has 27 heavy (non-hydrogen) atoms. The van der Waals surface area contributed by atoms with Gasteiger partial charge in [0.2, 0.25) is 0 Å². The number of carboxylic acid groups (broad SMARTS) is 2. The van der Waals surface area contributed by atoms with Gasteiger partial charge < -0.3 is 19.9 Å². The molecule has 8 nitrogen and oxygen atoms in total. The number of carboxylic acids is 2. The number of nitrogens with zero attached hydrogens (tertiary/aromatic N) is 1. The number of Topliss-reactive ketones (excluding diaryl/α,β-unsaturated/α-hetero) is 1. The molecular formula is C19H22N2O6. The lowest BCUT2D eigenvalue weighted by atomic mass is 10.1. The molecule has 0 spiro atoms. The molecule has 0 aliphatic rings. The number of aliphatic carboxylic acids is 2. The number of carbonyl (C=O) groups excluding carboxylic acids is 1. The molecular weight excluding hydrogens is 352 g/mol. The highest BCUT2D eigenvalue weighted by molar-refractivity contribution is 5.89. The molecule has 0 saturated carbocycles. The van der Waals surface area contributed by atoms with Crippen molar-refractivity contribution in [3.63, 3.8) is 0 Å². The summed E-state index contributed by atoms with van der Waals surface area (Å²) in [6.45, 7) is 2.27. The van der Waals surface area contributed by atoms with Crippen molar-refractivity contribution in [1.82, 2.24) is 9.97 Å². The Labute approximate surface area is 156 Å². The lowest BCUT2D eigenvalue weighted by Crippen LogP contribution is -2.00. The standard InChI is InChI=1S/C15H18N2O2.C4H4O4/c1-12(18)9-13-4-6-15(7-5-13)19-8-2-3-14-10-16-11-17-14;5-3(6)1-2-4(7)8/h4-7,10-11H,2-3,8-9H2,1H3,(H,16,17);1-2H,(H,5,6)(H,7,8)/b;2-1-. The molecule has 1 aromatic heterocycles. The summed E-state index contributed by atoms with van der Waals surface area (Å²) in [5, 5.41) is 15.6. The predicted octanol–water partition coefficient (Wildman–Crippen LogP) is 2.26. The van der Waals surface area contributed by atoms with E-state index in [-0.39, 0.29) is 5.78 Å². The normalized spacial score (nSPS) is 10.1. The number of hydrogen-bond donors (Lipinski definition) is 3. The quantitative estimate of drug-likeness (QED) is 0.453. The number of rotatable bonds is 9. The minimum absolute atomic E-state index is 0.174. The highest BCUT2D eigenvalue weighted by Crippen LogP contribution is 2.13. The Morgan fingerprint density at radius 2 is 1.74 bits per heavy atom. The van der Waals surface area contributed by atoms with Crippen LogP contribution in [0, 0.1) is 0 Å². The van der Waals surface area contributed by atoms with Gasteiger partial charge in [-0.2, -0.15) is 0 Å². The third-order valence-corrected chi connectivity index (χ3v) is 3.16. The van der Waals surface area contributed by atoms with E-state index in [0.717, 1.165) is 29.8 Å². The number of hydrogen-bond acceptors (Lipinski definition) is 5. The van der Waals surface area contributed by atoms with E-state index in [1.54, 1.807) is 13.3 Å². The first-order valence-electron chi connectivity index (χ1n) is 8.19. The third-order valence-electron chi connectivity index (χ3n) is 3.16. The fourth-order valence-corrected chi connectivity index (χ4v) is 2.01. The molecule has 2 aromatic rings. The molecule has 0 bridgehead atoms. The van der Waals surface area contributed by atoms with Crippen LogP contribution in [0.3, 0.4) is 0 Å². The average Bonchev–Trinajstić information content (AvgIpc) is 3.12. The Bertz CT molecular complexity index is 735. The summed E-state index contributed by atoms with van der Waals surface area (Å²) in [5.74, 6) is -1.50. The van der Waals surface area contributed by atoms with Crippen LogP contribution in [0.25, 0.3) is 0 Å². The van der Waals surface area contributed by atoms with Gasteiger partial charge in [0.25, 0.3) is 0 Å². The number of ketones is 1. The first-order valence-corrected chi connectivity index (χ1v) is 8.19. The molecule has 1 heterocycles. The minimum Gasteiger partial charge on any atom is -0.494 e. The van der Waals surface area contributed by atoms with Gasteiger partial charge in [-0.15, -0.1) is 0 Å². The fraction of sp³-hybridized carbons (Fsp3) is 0.263. The van der Waals surface area contributed by atoms with E-state index in [1.165, 1.54) is 0 Å². The molecule has 0 fully saturated rings. The van der Waals surface area contributed by atoms with Crippen molar-refractivity contribution >= 4 is 17.7 Å². The van der Waals surface area contributed by atoms with Crippen molar-refractivity contribution in [3.05, 3.63) is 60.2 Å². The van der Waals surface area contributed by atoms with Crippen LogP contribution in [0.2, 0.25) is 0 Å². The molecule has 0 aliphatic heterocycles. The highest BCUT2D eigenvalue weighted by atomic mass is 16.5. The SMILES string of the molecule is CC(=O)Cc1ccc(OCCCc2cnc[nH]2)cc1.O=C(O)/C=C\C(=O)O. The zero-order chi connectivity index (χ0) is 20.1. The zero-order valence-electron chi connectivity index (χ0n) is 14.9. The van der Waals surface area contributed by atoms with Crippen molar-refractivity contribution in [2.45, 2.75) is 26.2 Å². The number of aryl methyl sites for hydroxylation is 1. The highest BCUT2D eigenvalue weighted by Gasteiger charge is 1.99. The van der Waals surface area contributed by atoms with Crippen LogP contribution in [0.4, 0.5) is 0 Å². The van der Waals surface area contributed by atoms with E-state index in [4.69, 9.17) is 14.9 Å². The van der Waals surface area contributed by atoms with Crippen molar-refractivity contribution < 1.29 is 29.3 Å². The largest absolute Gasteiger partial charge is 0.494 e. The maximum Gasteiger partial charge on any atom is 0.328 e. The van der Waals surface area contributed by atoms with E-state index in [1.807, 2.05) is 30.5 Å². The van der Waals surface area contributed by atoms with Crippen LogP contribution in [-0.2, 0) is 27.2 Å². The van der Waals surface area contributed by atoms with Crippen molar-refractivity contribution in [2.24, 2.45) is 0 Å². The second-order valence-corrected chi connectivity index (χ2v) is 5.56. The van der Waals surface area contributed by atoms with Gasteiger partial charge in [0.15, 0.2) is 0 Å². The minimum atomic E-state index is -1.26. The van der Waals surface area contributed by atoms with Crippen LogP contribution in [0.1, 0.15) is 24.6 Å². The topological polar surface area (TPSA) is 130 Å². The first kappa shape index (κ1) is 21.6. The molecule has 2 rings (SSSR count). The molecule has 0 saturated heterocycles. The number of benzene rings is 1. The molecule has 144 valence electrons. The number of H-pyrrole nitrogens is 1. The molecule has 3 N–H and O–H groups in total. The molecule has 0 aliphatic carbocycles. The molecule has 1 aromatic carbocycles. The number of imidazole rings is 1. The number of nitrogens with one attached hydrogen (secondary N) is 1. The maximum absolute atomic E-state index is 11.0. The van der Waals surface area contributed by atoms with E-state index >= 15 is 0 Å². The zero-order valence-corrected chi connectivity index (χ0v) is 14.9. The van der Waals surface area contributed by atoms with E-state index in [9.17, 15) is 14.4 Å². The maximum atomic E-state index is 11.0. The molecule has 0 unspecified atom stereocenters. The van der Waals surface area contributed by atoms with Crippen LogP contribution in [0.15, 0.2) is 48.9 Å². The van der Waals surface area contributed by atoms with Gasteiger partial charge in [-0.3, -0.25) is 4.79 Å². The van der Waals surface area contributed by atoms with Gasteiger partial charge in [0.05, 0.1) is 12.9 Å². The number of ether oxygens (including phenoxy) is 1. The lowest BCUT2D eigenvalue weighted by Gasteiger charge is -2.06. The molecule has 0 atom stereocenters. The second-order valence-electron chi connectivity index (χ2n) is 5.56. The van der Waals surface area contributed by atoms with Crippen LogP contribution in [0.5, 0.6) is 5.75 Å². The van der Waals surface area contributed by atoms with Crippen molar-refractivity contribution in [3.8, 4) is 5.75 Å². The van der Waals surface area contributed by atoms with Gasteiger partial charge in [-0.25, -0.2) is 14.6 Å². The molecule has 8 heteroatoms. The summed E-state index contributed by atoms with van der Waals surface area (Å²) >= 11 is 0. The van der Waals surface area contributed by atoms with Crippen LogP contribution < -0.4 is 4.74 Å². The summed E-state index contributed by atoms with van der Waals surface area (Å²) < 4.78 is 5.65. The van der Waals surface area contributed by atoms with E-state index in [2.05, 4.69) is 9.97 Å². The number of aromatic amines is 1. The predicted molar refractivity (Wildman–Crippen MR) is 97.6 cm³/mol. The van der Waals surface area contributed by atoms with Gasteiger partial charge in [-0.05, 0) is 37.5 Å². The Morgan fingerprint density at radius 3 is 2.22 bits per heavy atom. The summed E-state index contributed by atoms with van der Waals surface area (Å²) in [7, 11) is 0. The Balaban J connectivity index is 0.000000387. The number of carbonyl (C=O) groups is 3. The summed E-state index contributed by atoms with van der Waals surface area (Å²) in [6.07, 6.45) is 6.99. The second kappa shape index (κ2) is 12.0. The fourth-order valence-electron chi connectivity index (χ4n) is 2.01. The Kier molecular flexibility index (Phi) is 9.62. The lowest BCUT2D eigenvalue weighted by molar-refractivity contribution is -0.134. The Morgan fingerprint density at radius 1 is 1.11 bits per heavy atom. The average molecular weight is 374 g/mol. The summed E-state index contributed by atoms with van der Waals surface area (Å²) in [4.78, 5) is 37.1. The van der Waals surface area contributed by atoms with Gasteiger partial charge in [0, 0.05) is 30.5 Å². The summed E-state index contributed by atoms with van der Waals surface area (Å²) in [6, 6.07) is 7.69. The van der Waals surface area contributed by atoms with Crippen molar-refractivity contribution in [2.75, 3.05) is 6.61 Å². The van der Waals surface area contributed by atoms with E-state index < -0.39 is 11.9 Å². The third kappa shape index (κ3) is 10.9. The van der Waals surface area contributed by atoms with Gasteiger partial charge in [0.1, 0.15) is 11.5 Å². The molecule has 0 radical (unpaired) electrons. The Hall–Kier alpha value is -3.42. The smallest absolute Gasteiger partial charge is 0.328 e. The van der Waals surface area contributed by atoms with Crippen LogP contribution >= 0.6 is 0 Å².